The molecular weight excluding hydrogens is 268 g/mol. The van der Waals surface area contributed by atoms with E-state index in [2.05, 4.69) is 5.32 Å². The minimum absolute atomic E-state index is 0.0935. The molecule has 5 nitrogen and oxygen atoms in total. The van der Waals surface area contributed by atoms with Crippen LogP contribution in [0.1, 0.15) is 19.3 Å². The highest BCUT2D eigenvalue weighted by atomic mass is 16.5. The summed E-state index contributed by atoms with van der Waals surface area (Å²) in [6.45, 7) is 1.33. The quantitative estimate of drug-likeness (QED) is 0.768. The van der Waals surface area contributed by atoms with Crippen LogP contribution in [-0.2, 0) is 9.53 Å². The number of aliphatic hydroxyl groups is 1. The first-order valence-electron chi connectivity index (χ1n) is 7.34. The number of hydrogen-bond donors (Lipinski definition) is 2. The Hall–Kier alpha value is -1.59. The predicted octanol–water partition coefficient (Wildman–Crippen LogP) is 1.87. The monoisotopic (exact) mass is 292 g/mol. The Morgan fingerprint density at radius 3 is 2.57 bits per heavy atom. The number of methoxy groups -OCH3 is 1. The molecule has 2 rings (SSSR count). The number of amides is 1. The molecule has 1 aromatic carbocycles. The van der Waals surface area contributed by atoms with Crippen LogP contribution in [0.5, 0.6) is 0 Å². The molecule has 1 aromatic rings. The normalized spacial score (nSPS) is 15.6. The second-order valence-electron chi connectivity index (χ2n) is 5.67. The Bertz CT molecular complexity index is 469. The van der Waals surface area contributed by atoms with E-state index >= 15 is 0 Å². The van der Waals surface area contributed by atoms with Crippen molar-refractivity contribution in [2.75, 3.05) is 44.1 Å². The topological polar surface area (TPSA) is 61.8 Å². The van der Waals surface area contributed by atoms with Crippen LogP contribution < -0.4 is 10.2 Å². The van der Waals surface area contributed by atoms with Gasteiger partial charge in [0.2, 0.25) is 5.91 Å². The van der Waals surface area contributed by atoms with Crippen LogP contribution in [-0.4, -0.2) is 44.9 Å². The van der Waals surface area contributed by atoms with Crippen molar-refractivity contribution < 1.29 is 14.6 Å². The Kier molecular flexibility index (Phi) is 5.20. The number of ether oxygens (including phenoxy) is 1. The van der Waals surface area contributed by atoms with Crippen LogP contribution in [0.2, 0.25) is 0 Å². The number of benzene rings is 1. The van der Waals surface area contributed by atoms with Gasteiger partial charge in [0.15, 0.2) is 0 Å². The summed E-state index contributed by atoms with van der Waals surface area (Å²) in [7, 11) is 3.59. The average molecular weight is 292 g/mol. The number of rotatable bonds is 8. The summed E-state index contributed by atoms with van der Waals surface area (Å²) in [5.41, 5.74) is 1.61. The van der Waals surface area contributed by atoms with E-state index in [1.165, 1.54) is 0 Å². The molecule has 1 saturated carbocycles. The van der Waals surface area contributed by atoms with Gasteiger partial charge in [-0.3, -0.25) is 4.79 Å². The van der Waals surface area contributed by atoms with Gasteiger partial charge in [-0.05, 0) is 43.5 Å². The molecule has 1 aliphatic rings. The smallest absolute Gasteiger partial charge is 0.230 e. The number of carbonyl (C=O) groups excluding carboxylic acids is 1. The molecular formula is C16H24N2O3. The Balaban J connectivity index is 1.93. The number of nitrogens with one attached hydrogen (secondary N) is 1. The van der Waals surface area contributed by atoms with Crippen molar-refractivity contribution in [2.45, 2.75) is 19.3 Å². The number of anilines is 2. The molecule has 2 N–H and O–H groups in total. The lowest BCUT2D eigenvalue weighted by Gasteiger charge is -2.19. The van der Waals surface area contributed by atoms with Gasteiger partial charge >= 0.3 is 0 Å². The number of carbonyl (C=O) groups is 1. The standard InChI is InChI=1S/C16H24N2O3/c1-18(10-11-19)14-5-3-13(4-6-14)17-15(20)16(7-8-16)9-12-21-2/h3-6,19H,7-12H2,1-2H3,(H,17,20). The van der Waals surface area contributed by atoms with Crippen LogP contribution >= 0.6 is 0 Å². The number of nitrogens with zero attached hydrogens (tertiary/aromatic N) is 1. The molecule has 116 valence electrons. The Morgan fingerprint density at radius 1 is 1.38 bits per heavy atom. The molecule has 0 unspecified atom stereocenters. The minimum atomic E-state index is -0.220. The molecule has 0 aromatic heterocycles. The van der Waals surface area contributed by atoms with Crippen molar-refractivity contribution in [2.24, 2.45) is 5.41 Å². The highest BCUT2D eigenvalue weighted by Gasteiger charge is 2.49. The zero-order valence-electron chi connectivity index (χ0n) is 12.8. The molecule has 0 heterocycles. The molecule has 0 bridgehead atoms. The first-order valence-corrected chi connectivity index (χ1v) is 7.34. The molecule has 21 heavy (non-hydrogen) atoms. The first-order chi connectivity index (χ1) is 10.1. The second-order valence-corrected chi connectivity index (χ2v) is 5.67. The molecule has 0 aliphatic heterocycles. The van der Waals surface area contributed by atoms with Crippen molar-refractivity contribution in [1.29, 1.82) is 0 Å². The van der Waals surface area contributed by atoms with Gasteiger partial charge in [-0.1, -0.05) is 0 Å². The summed E-state index contributed by atoms with van der Waals surface area (Å²) >= 11 is 0. The third kappa shape index (κ3) is 3.95. The molecule has 1 fully saturated rings. The van der Waals surface area contributed by atoms with Crippen molar-refractivity contribution in [1.82, 2.24) is 0 Å². The maximum atomic E-state index is 12.3. The third-order valence-electron chi connectivity index (χ3n) is 4.12. The predicted molar refractivity (Wildman–Crippen MR) is 83.6 cm³/mol. The van der Waals surface area contributed by atoms with E-state index in [0.29, 0.717) is 13.2 Å². The van der Waals surface area contributed by atoms with Crippen LogP contribution in [0.4, 0.5) is 11.4 Å². The zero-order chi connectivity index (χ0) is 15.3. The van der Waals surface area contributed by atoms with Crippen molar-refractivity contribution in [3.8, 4) is 0 Å². The fraction of sp³-hybridized carbons (Fsp3) is 0.562. The largest absolute Gasteiger partial charge is 0.395 e. The van der Waals surface area contributed by atoms with Gasteiger partial charge in [-0.15, -0.1) is 0 Å². The molecule has 5 heteroatoms. The maximum Gasteiger partial charge on any atom is 0.230 e. The van der Waals surface area contributed by atoms with Crippen LogP contribution in [0.3, 0.4) is 0 Å². The van der Waals surface area contributed by atoms with Gasteiger partial charge in [0.25, 0.3) is 0 Å². The second kappa shape index (κ2) is 6.91. The summed E-state index contributed by atoms with van der Waals surface area (Å²) in [5.74, 6) is 0.0935. The zero-order valence-corrected chi connectivity index (χ0v) is 12.8. The van der Waals surface area contributed by atoms with Gasteiger partial charge in [-0.2, -0.15) is 0 Å². The number of likely N-dealkylation sites (N-methyl/N-ethyl adjacent to an activating group) is 1. The van der Waals surface area contributed by atoms with E-state index in [1.54, 1.807) is 7.11 Å². The Morgan fingerprint density at radius 2 is 2.05 bits per heavy atom. The summed E-state index contributed by atoms with van der Waals surface area (Å²) in [6.07, 6.45) is 2.67. The highest BCUT2D eigenvalue weighted by molar-refractivity contribution is 5.97. The maximum absolute atomic E-state index is 12.3. The number of aliphatic hydroxyl groups excluding tert-OH is 1. The molecule has 0 radical (unpaired) electrons. The van der Waals surface area contributed by atoms with E-state index in [0.717, 1.165) is 30.6 Å². The summed E-state index contributed by atoms with van der Waals surface area (Å²) in [4.78, 5) is 14.3. The fourth-order valence-corrected chi connectivity index (χ4v) is 2.38. The SMILES string of the molecule is COCCC1(C(=O)Nc2ccc(N(C)CCO)cc2)CC1. The van der Waals surface area contributed by atoms with Gasteiger partial charge in [-0.25, -0.2) is 0 Å². The summed E-state index contributed by atoms with van der Waals surface area (Å²) < 4.78 is 5.08. The van der Waals surface area contributed by atoms with E-state index in [1.807, 2.05) is 36.2 Å². The van der Waals surface area contributed by atoms with Crippen LogP contribution in [0, 0.1) is 5.41 Å². The summed E-state index contributed by atoms with van der Waals surface area (Å²) in [6, 6.07) is 7.68. The highest BCUT2D eigenvalue weighted by Crippen LogP contribution is 2.49. The lowest BCUT2D eigenvalue weighted by atomic mass is 10.0. The third-order valence-corrected chi connectivity index (χ3v) is 4.12. The lowest BCUT2D eigenvalue weighted by Crippen LogP contribution is -2.25. The Labute approximate surface area is 125 Å². The summed E-state index contributed by atoms with van der Waals surface area (Å²) in [5, 5.41) is 11.9. The van der Waals surface area contributed by atoms with E-state index in [4.69, 9.17) is 9.84 Å². The van der Waals surface area contributed by atoms with Crippen molar-refractivity contribution in [3.05, 3.63) is 24.3 Å². The number of hydrogen-bond acceptors (Lipinski definition) is 4. The van der Waals surface area contributed by atoms with Gasteiger partial charge in [0.1, 0.15) is 0 Å². The fourth-order valence-electron chi connectivity index (χ4n) is 2.38. The first kappa shape index (κ1) is 15.8. The minimum Gasteiger partial charge on any atom is -0.395 e. The molecule has 0 saturated heterocycles. The van der Waals surface area contributed by atoms with E-state index in [-0.39, 0.29) is 17.9 Å². The van der Waals surface area contributed by atoms with Gasteiger partial charge < -0.3 is 20.1 Å². The molecule has 0 spiro atoms. The van der Waals surface area contributed by atoms with E-state index < -0.39 is 0 Å². The van der Waals surface area contributed by atoms with Crippen molar-refractivity contribution >= 4 is 17.3 Å². The van der Waals surface area contributed by atoms with Crippen LogP contribution in [0.25, 0.3) is 0 Å². The van der Waals surface area contributed by atoms with Crippen LogP contribution in [0.15, 0.2) is 24.3 Å². The van der Waals surface area contributed by atoms with Gasteiger partial charge in [0.05, 0.1) is 12.0 Å². The molecule has 0 atom stereocenters. The lowest BCUT2D eigenvalue weighted by molar-refractivity contribution is -0.121. The average Bonchev–Trinajstić information content (AvgIpc) is 3.27. The van der Waals surface area contributed by atoms with Gasteiger partial charge in [0, 0.05) is 38.7 Å². The molecule has 1 aliphatic carbocycles. The van der Waals surface area contributed by atoms with E-state index in [9.17, 15) is 4.79 Å². The molecule has 1 amide bonds. The van der Waals surface area contributed by atoms with Crippen molar-refractivity contribution in [3.63, 3.8) is 0 Å².